The van der Waals surface area contributed by atoms with E-state index >= 15 is 0 Å². The van der Waals surface area contributed by atoms with Crippen molar-refractivity contribution in [1.82, 2.24) is 0 Å². The van der Waals surface area contributed by atoms with E-state index in [0.717, 1.165) is 12.1 Å². The highest BCUT2D eigenvalue weighted by Crippen LogP contribution is 2.34. The summed E-state index contributed by atoms with van der Waals surface area (Å²) in [5.41, 5.74) is -0.330. The van der Waals surface area contributed by atoms with Gasteiger partial charge in [-0.3, -0.25) is 9.35 Å². The number of hydrogen-bond acceptors (Lipinski definition) is 6. The Morgan fingerprint density at radius 1 is 0.944 bits per heavy atom. The number of primary sulfonamides is 3. The van der Waals surface area contributed by atoms with Crippen molar-refractivity contribution in [1.29, 1.82) is 0 Å². The van der Waals surface area contributed by atoms with Gasteiger partial charge < -0.3 is 22.4 Å². The SMILES string of the molecule is Cc1cc(S(N)(=O)([O-])[O-])c(C)cc1S(C)(=O)([O-])[O-]. The third kappa shape index (κ3) is 3.20. The molecule has 0 saturated carbocycles. The van der Waals surface area contributed by atoms with E-state index in [9.17, 15) is 26.6 Å². The summed E-state index contributed by atoms with van der Waals surface area (Å²) in [7, 11) is -11.5. The molecule has 0 atom stereocenters. The van der Waals surface area contributed by atoms with E-state index in [4.69, 9.17) is 0 Å². The Hall–Kier alpha value is -0.680. The summed E-state index contributed by atoms with van der Waals surface area (Å²) in [5, 5.41) is 4.68. The Balaban J connectivity index is 3.71. The standard InChI is InChI=1S/C9H17NO6S2/c1-6-5-9(18(10,14,15)16)7(2)4-8(6)17(3,11,12)13/h4-5H,1-3H3,(H2,11,12,13)(H4,10,14,15,16)/p-4. The van der Waals surface area contributed by atoms with Gasteiger partial charge in [0, 0.05) is 4.90 Å². The Bertz CT molecular complexity index is 573. The van der Waals surface area contributed by atoms with Crippen LogP contribution in [-0.4, -0.2) is 32.9 Å². The average Bonchev–Trinajstić information content (AvgIpc) is 2.01. The van der Waals surface area contributed by atoms with Gasteiger partial charge in [0.05, 0.1) is 0 Å². The number of hydrogen-bond donors (Lipinski definition) is 1. The van der Waals surface area contributed by atoms with Gasteiger partial charge in [0.1, 0.15) is 0 Å². The first kappa shape index (κ1) is 15.4. The van der Waals surface area contributed by atoms with E-state index in [0.29, 0.717) is 6.26 Å². The fraction of sp³-hybridized carbons (Fsp3) is 0.333. The van der Waals surface area contributed by atoms with E-state index in [-0.39, 0.29) is 11.1 Å². The van der Waals surface area contributed by atoms with Gasteiger partial charge in [0.15, 0.2) is 0 Å². The quantitative estimate of drug-likeness (QED) is 0.789. The van der Waals surface area contributed by atoms with Gasteiger partial charge >= 0.3 is 0 Å². The largest absolute Gasteiger partial charge is 0.795 e. The highest BCUT2D eigenvalue weighted by Gasteiger charge is 2.17. The Labute approximate surface area is 105 Å². The highest BCUT2D eigenvalue weighted by molar-refractivity contribution is 8.09. The normalized spacial score (nSPS) is 17.6. The molecule has 0 amide bonds. The number of nitrogens with two attached hydrogens (primary N) is 1. The first-order valence-corrected chi connectivity index (χ1v) is 8.81. The van der Waals surface area contributed by atoms with Crippen molar-refractivity contribution in [3.8, 4) is 0 Å². The molecule has 0 unspecified atom stereocenters. The lowest BCUT2D eigenvalue weighted by molar-refractivity contribution is 0.355. The molecule has 106 valence electrons. The molecule has 0 heterocycles. The zero-order valence-corrected chi connectivity index (χ0v) is 11.6. The number of sulfonamides is 3. The molecule has 0 bridgehead atoms. The van der Waals surface area contributed by atoms with Crippen molar-refractivity contribution in [2.75, 3.05) is 6.26 Å². The van der Waals surface area contributed by atoms with Crippen LogP contribution in [0.25, 0.3) is 0 Å². The molecule has 1 aromatic rings. The van der Waals surface area contributed by atoms with Gasteiger partial charge in [-0.15, -0.1) is 9.81 Å². The lowest BCUT2D eigenvalue weighted by atomic mass is 10.2. The molecule has 0 spiro atoms. The van der Waals surface area contributed by atoms with Gasteiger partial charge in [-0.2, -0.15) is 9.63 Å². The first-order chi connectivity index (χ1) is 7.55. The molecule has 0 aromatic heterocycles. The van der Waals surface area contributed by atoms with Gasteiger partial charge in [0.25, 0.3) is 0 Å². The molecule has 1 rings (SSSR count). The van der Waals surface area contributed by atoms with Crippen LogP contribution in [0.5, 0.6) is 0 Å². The minimum absolute atomic E-state index is 0.142. The minimum atomic E-state index is -5.98. The minimum Gasteiger partial charge on any atom is -0.795 e. The summed E-state index contributed by atoms with van der Waals surface area (Å²) < 4.78 is 68.0. The van der Waals surface area contributed by atoms with Crippen molar-refractivity contribution in [2.45, 2.75) is 23.6 Å². The maximum Gasteiger partial charge on any atom is 0.00808 e. The fourth-order valence-electron chi connectivity index (χ4n) is 1.65. The van der Waals surface area contributed by atoms with Crippen LogP contribution in [0.15, 0.2) is 21.9 Å². The molecule has 0 radical (unpaired) electrons. The zero-order chi connectivity index (χ0) is 14.6. The van der Waals surface area contributed by atoms with Crippen LogP contribution in [0.3, 0.4) is 0 Å². The molecular formula is C9H13NO6S2-4. The van der Waals surface area contributed by atoms with E-state index < -0.39 is 29.2 Å². The summed E-state index contributed by atoms with van der Waals surface area (Å²) in [6, 6.07) is 1.64. The van der Waals surface area contributed by atoms with Crippen LogP contribution in [0, 0.1) is 13.8 Å². The second-order valence-corrected chi connectivity index (χ2v) is 9.32. The molecule has 0 aliphatic heterocycles. The van der Waals surface area contributed by atoms with Crippen molar-refractivity contribution in [3.05, 3.63) is 23.3 Å². The van der Waals surface area contributed by atoms with Crippen molar-refractivity contribution in [3.63, 3.8) is 0 Å². The predicted octanol–water partition coefficient (Wildman–Crippen LogP) is -0.313. The molecule has 9 heteroatoms. The van der Waals surface area contributed by atoms with Crippen molar-refractivity contribution in [2.24, 2.45) is 5.14 Å². The molecule has 0 aliphatic rings. The molecule has 2 N–H and O–H groups in total. The molecule has 0 aliphatic carbocycles. The van der Waals surface area contributed by atoms with Gasteiger partial charge in [0.2, 0.25) is 0 Å². The molecule has 1 aromatic carbocycles. The molecule has 7 nitrogen and oxygen atoms in total. The number of sulfone groups is 3. The highest BCUT2D eigenvalue weighted by atomic mass is 32.3. The van der Waals surface area contributed by atoms with E-state index in [1.165, 1.54) is 13.8 Å². The molecular weight excluding hydrogens is 282 g/mol. The van der Waals surface area contributed by atoms with Crippen LogP contribution in [0.2, 0.25) is 0 Å². The second-order valence-electron chi connectivity index (χ2n) is 4.40. The summed E-state index contributed by atoms with van der Waals surface area (Å²) >= 11 is 0. The summed E-state index contributed by atoms with van der Waals surface area (Å²) in [6.45, 7) is 2.40. The van der Waals surface area contributed by atoms with Gasteiger partial charge in [-0.05, 0) is 48.3 Å². The maximum atomic E-state index is 11.4. The zero-order valence-electron chi connectivity index (χ0n) is 10.00. The van der Waals surface area contributed by atoms with Crippen LogP contribution in [-0.2, 0) is 19.4 Å². The Morgan fingerprint density at radius 3 is 1.61 bits per heavy atom. The Morgan fingerprint density at radius 2 is 1.28 bits per heavy atom. The number of benzene rings is 1. The van der Waals surface area contributed by atoms with Crippen molar-refractivity contribution < 1.29 is 26.6 Å². The molecule has 18 heavy (non-hydrogen) atoms. The van der Waals surface area contributed by atoms with Gasteiger partial charge in [-0.25, -0.2) is 0 Å². The maximum absolute atomic E-state index is 11.4. The Kier molecular flexibility index (Phi) is 2.95. The third-order valence-electron chi connectivity index (χ3n) is 2.36. The van der Waals surface area contributed by atoms with Gasteiger partial charge in [-0.1, -0.05) is 0 Å². The fourth-order valence-corrected chi connectivity index (χ4v) is 3.89. The van der Waals surface area contributed by atoms with Crippen LogP contribution in [0.4, 0.5) is 0 Å². The smallest absolute Gasteiger partial charge is 0.00808 e. The first-order valence-electron chi connectivity index (χ1n) is 4.71. The van der Waals surface area contributed by atoms with Crippen LogP contribution in [0.1, 0.15) is 11.1 Å². The van der Waals surface area contributed by atoms with Crippen molar-refractivity contribution >= 4 is 19.4 Å². The molecule has 0 saturated heterocycles. The third-order valence-corrected chi connectivity index (χ3v) is 5.01. The summed E-state index contributed by atoms with van der Waals surface area (Å²) in [5.74, 6) is 0. The summed E-state index contributed by atoms with van der Waals surface area (Å²) in [4.78, 5) is -1.30. The van der Waals surface area contributed by atoms with Crippen LogP contribution < -0.4 is 5.14 Å². The topological polar surface area (TPSA) is 152 Å². The number of rotatable bonds is 2. The average molecular weight is 295 g/mol. The lowest BCUT2D eigenvalue weighted by Crippen LogP contribution is -2.43. The van der Waals surface area contributed by atoms with E-state index in [1.807, 2.05) is 0 Å². The summed E-state index contributed by atoms with van der Waals surface area (Å²) in [6.07, 6.45) is 0.491. The number of aryl methyl sites for hydroxylation is 2. The monoisotopic (exact) mass is 295 g/mol. The van der Waals surface area contributed by atoms with Crippen LogP contribution >= 0.6 is 0 Å². The van der Waals surface area contributed by atoms with E-state index in [1.54, 1.807) is 0 Å². The molecule has 0 fully saturated rings. The second kappa shape index (κ2) is 3.45. The predicted molar refractivity (Wildman–Crippen MR) is 62.0 cm³/mol. The van der Waals surface area contributed by atoms with E-state index in [2.05, 4.69) is 5.14 Å². The lowest BCUT2D eigenvalue weighted by Gasteiger charge is -2.55.